The van der Waals surface area contributed by atoms with E-state index in [-0.39, 0.29) is 5.91 Å². The van der Waals surface area contributed by atoms with Crippen molar-refractivity contribution < 1.29 is 14.7 Å². The zero-order valence-corrected chi connectivity index (χ0v) is 10.8. The molecule has 1 aromatic heterocycles. The molecule has 2 rings (SSSR count). The number of nitrogens with one attached hydrogen (secondary N) is 1. The third kappa shape index (κ3) is 2.87. The number of hydrogen-bond acceptors (Lipinski definition) is 4. The third-order valence-electron chi connectivity index (χ3n) is 3.29. The summed E-state index contributed by atoms with van der Waals surface area (Å²) in [4.78, 5) is 27.2. The molecule has 0 spiro atoms. The van der Waals surface area contributed by atoms with Gasteiger partial charge in [-0.15, -0.1) is 11.3 Å². The van der Waals surface area contributed by atoms with Crippen LogP contribution in [0.25, 0.3) is 0 Å². The van der Waals surface area contributed by atoms with Crippen LogP contribution in [0.5, 0.6) is 0 Å². The number of carbonyl (C=O) groups excluding carboxylic acids is 1. The maximum absolute atomic E-state index is 11.8. The molecule has 1 amide bonds. The van der Waals surface area contributed by atoms with E-state index in [2.05, 4.69) is 10.3 Å². The van der Waals surface area contributed by atoms with Gasteiger partial charge in [0.05, 0.1) is 5.01 Å². The van der Waals surface area contributed by atoms with Crippen molar-refractivity contribution >= 4 is 23.2 Å². The monoisotopic (exact) mass is 268 g/mol. The summed E-state index contributed by atoms with van der Waals surface area (Å²) in [5.74, 6) is -1.11. The van der Waals surface area contributed by atoms with Gasteiger partial charge in [-0.3, -0.25) is 4.79 Å². The fraction of sp³-hybridized carbons (Fsp3) is 0.583. The third-order valence-corrected chi connectivity index (χ3v) is 4.13. The summed E-state index contributed by atoms with van der Waals surface area (Å²) < 4.78 is 0. The number of amides is 1. The molecule has 2 N–H and O–H groups in total. The SMILES string of the molecule is O=C(CCc1nccs1)NC1(C(=O)O)CCCC1. The minimum absolute atomic E-state index is 0.200. The van der Waals surface area contributed by atoms with E-state index in [0.717, 1.165) is 17.8 Å². The van der Waals surface area contributed by atoms with Gasteiger partial charge >= 0.3 is 5.97 Å². The van der Waals surface area contributed by atoms with Crippen molar-refractivity contribution in [3.05, 3.63) is 16.6 Å². The number of aryl methyl sites for hydroxylation is 1. The molecular weight excluding hydrogens is 252 g/mol. The van der Waals surface area contributed by atoms with Gasteiger partial charge in [-0.25, -0.2) is 9.78 Å². The van der Waals surface area contributed by atoms with Gasteiger partial charge in [0.2, 0.25) is 5.91 Å². The fourth-order valence-corrected chi connectivity index (χ4v) is 2.92. The van der Waals surface area contributed by atoms with Crippen LogP contribution in [0.15, 0.2) is 11.6 Å². The van der Waals surface area contributed by atoms with Crippen molar-refractivity contribution in [3.63, 3.8) is 0 Å². The molecule has 0 radical (unpaired) electrons. The zero-order chi connectivity index (χ0) is 13.0. The first-order valence-corrected chi connectivity index (χ1v) is 6.93. The Kier molecular flexibility index (Phi) is 3.96. The topological polar surface area (TPSA) is 79.3 Å². The Labute approximate surface area is 109 Å². The van der Waals surface area contributed by atoms with Crippen molar-refractivity contribution in [3.8, 4) is 0 Å². The van der Waals surface area contributed by atoms with Crippen LogP contribution < -0.4 is 5.32 Å². The number of carbonyl (C=O) groups is 2. The second-order valence-corrected chi connectivity index (χ2v) is 5.55. The lowest BCUT2D eigenvalue weighted by Crippen LogP contribution is -2.52. The highest BCUT2D eigenvalue weighted by atomic mass is 32.1. The second kappa shape index (κ2) is 5.48. The lowest BCUT2D eigenvalue weighted by molar-refractivity contribution is -0.147. The zero-order valence-electron chi connectivity index (χ0n) is 10.0. The van der Waals surface area contributed by atoms with E-state index in [0.29, 0.717) is 25.7 Å². The van der Waals surface area contributed by atoms with Crippen molar-refractivity contribution in [1.82, 2.24) is 10.3 Å². The highest BCUT2D eigenvalue weighted by Crippen LogP contribution is 2.30. The molecule has 0 atom stereocenters. The van der Waals surface area contributed by atoms with Crippen LogP contribution in [0.3, 0.4) is 0 Å². The van der Waals surface area contributed by atoms with Crippen molar-refractivity contribution in [2.75, 3.05) is 0 Å². The molecular formula is C12H16N2O3S. The Morgan fingerprint density at radius 3 is 2.72 bits per heavy atom. The van der Waals surface area contributed by atoms with Gasteiger partial charge in [0.15, 0.2) is 0 Å². The molecule has 1 heterocycles. The van der Waals surface area contributed by atoms with Crippen LogP contribution in [0, 0.1) is 0 Å². The summed E-state index contributed by atoms with van der Waals surface area (Å²) in [5, 5.41) is 14.7. The van der Waals surface area contributed by atoms with Crippen LogP contribution >= 0.6 is 11.3 Å². The summed E-state index contributed by atoms with van der Waals surface area (Å²) in [7, 11) is 0. The maximum atomic E-state index is 11.8. The molecule has 0 saturated heterocycles. The standard InChI is InChI=1S/C12H16N2O3S/c15-9(3-4-10-13-7-8-18-10)14-12(11(16)17)5-1-2-6-12/h7-8H,1-6H2,(H,14,15)(H,16,17). The molecule has 1 saturated carbocycles. The van der Waals surface area contributed by atoms with Crippen LogP contribution in [0.1, 0.15) is 37.1 Å². The Morgan fingerprint density at radius 1 is 1.44 bits per heavy atom. The van der Waals surface area contributed by atoms with E-state index in [1.807, 2.05) is 5.38 Å². The number of thiazole rings is 1. The predicted octanol–water partition coefficient (Wildman–Crippen LogP) is 1.59. The molecule has 1 aliphatic carbocycles. The van der Waals surface area contributed by atoms with E-state index < -0.39 is 11.5 Å². The minimum atomic E-state index is -1.03. The van der Waals surface area contributed by atoms with Gasteiger partial charge in [0.1, 0.15) is 5.54 Å². The highest BCUT2D eigenvalue weighted by molar-refractivity contribution is 7.09. The Hall–Kier alpha value is -1.43. The first-order chi connectivity index (χ1) is 8.62. The molecule has 98 valence electrons. The average Bonchev–Trinajstić information content (AvgIpc) is 2.97. The summed E-state index contributed by atoms with van der Waals surface area (Å²) in [6, 6.07) is 0. The van der Waals surface area contributed by atoms with Gasteiger partial charge in [-0.1, -0.05) is 12.8 Å². The summed E-state index contributed by atoms with van der Waals surface area (Å²) in [6.07, 6.45) is 5.35. The highest BCUT2D eigenvalue weighted by Gasteiger charge is 2.42. The molecule has 1 fully saturated rings. The number of rotatable bonds is 5. The molecule has 0 aromatic carbocycles. The Balaban J connectivity index is 1.88. The van der Waals surface area contributed by atoms with E-state index >= 15 is 0 Å². The normalized spacial score (nSPS) is 17.6. The maximum Gasteiger partial charge on any atom is 0.329 e. The lowest BCUT2D eigenvalue weighted by atomic mass is 9.97. The average molecular weight is 268 g/mol. The van der Waals surface area contributed by atoms with Crippen LogP contribution in [0.2, 0.25) is 0 Å². The summed E-state index contributed by atoms with van der Waals surface area (Å²) in [5.41, 5.74) is -1.03. The number of hydrogen-bond donors (Lipinski definition) is 2. The van der Waals surface area contributed by atoms with Crippen LogP contribution in [-0.2, 0) is 16.0 Å². The van der Waals surface area contributed by atoms with Crippen molar-refractivity contribution in [2.45, 2.75) is 44.1 Å². The molecule has 0 aliphatic heterocycles. The number of carboxylic acids is 1. The summed E-state index contributed by atoms with van der Waals surface area (Å²) >= 11 is 1.51. The number of nitrogens with zero attached hydrogens (tertiary/aromatic N) is 1. The quantitative estimate of drug-likeness (QED) is 0.850. The van der Waals surface area contributed by atoms with Crippen molar-refractivity contribution in [1.29, 1.82) is 0 Å². The lowest BCUT2D eigenvalue weighted by Gasteiger charge is -2.25. The summed E-state index contributed by atoms with van der Waals surface area (Å²) in [6.45, 7) is 0. The van der Waals surface area contributed by atoms with Gasteiger partial charge in [0.25, 0.3) is 0 Å². The molecule has 6 heteroatoms. The fourth-order valence-electron chi connectivity index (χ4n) is 2.30. The van der Waals surface area contributed by atoms with Crippen molar-refractivity contribution in [2.24, 2.45) is 0 Å². The van der Waals surface area contributed by atoms with Crippen LogP contribution in [0.4, 0.5) is 0 Å². The van der Waals surface area contributed by atoms with Gasteiger partial charge in [0, 0.05) is 24.4 Å². The van der Waals surface area contributed by atoms with Gasteiger partial charge in [-0.2, -0.15) is 0 Å². The first kappa shape index (κ1) is 13.0. The Bertz CT molecular complexity index is 425. The van der Waals surface area contributed by atoms with Crippen LogP contribution in [-0.4, -0.2) is 27.5 Å². The largest absolute Gasteiger partial charge is 0.480 e. The van der Waals surface area contributed by atoms with Gasteiger partial charge in [-0.05, 0) is 12.8 Å². The van der Waals surface area contributed by atoms with E-state index in [4.69, 9.17) is 0 Å². The molecule has 1 aliphatic rings. The molecule has 18 heavy (non-hydrogen) atoms. The number of aromatic nitrogens is 1. The minimum Gasteiger partial charge on any atom is -0.480 e. The van der Waals surface area contributed by atoms with E-state index in [9.17, 15) is 14.7 Å². The molecule has 0 bridgehead atoms. The molecule has 0 unspecified atom stereocenters. The molecule has 1 aromatic rings. The predicted molar refractivity (Wildman–Crippen MR) is 67.4 cm³/mol. The van der Waals surface area contributed by atoms with Gasteiger partial charge < -0.3 is 10.4 Å². The van der Waals surface area contributed by atoms with E-state index in [1.165, 1.54) is 11.3 Å². The smallest absolute Gasteiger partial charge is 0.329 e. The second-order valence-electron chi connectivity index (χ2n) is 4.57. The first-order valence-electron chi connectivity index (χ1n) is 6.05. The Morgan fingerprint density at radius 2 is 2.17 bits per heavy atom. The molecule has 5 nitrogen and oxygen atoms in total. The number of carboxylic acid groups (broad SMARTS) is 1. The van der Waals surface area contributed by atoms with E-state index in [1.54, 1.807) is 6.20 Å². The number of aliphatic carboxylic acids is 1.